The number of hydrogen-bond donors (Lipinski definition) is 1. The van der Waals surface area contributed by atoms with E-state index in [1.54, 1.807) is 44.7 Å². The zero-order valence-electron chi connectivity index (χ0n) is 16.1. The first-order chi connectivity index (χ1) is 13.9. The summed E-state index contributed by atoms with van der Waals surface area (Å²) in [4.78, 5) is 5.01. The minimum absolute atomic E-state index is 0.271. The molecule has 4 rings (SSSR count). The largest absolute Gasteiger partial charge is 0.493 e. The molecule has 4 aromatic rings. The van der Waals surface area contributed by atoms with Gasteiger partial charge < -0.3 is 9.47 Å². The number of benzene rings is 2. The molecule has 148 valence electrons. The molecule has 2 heterocycles. The van der Waals surface area contributed by atoms with Crippen LogP contribution in [-0.2, 0) is 9.84 Å². The molecule has 0 aliphatic heterocycles. The lowest BCUT2D eigenvalue weighted by Gasteiger charge is -2.14. The van der Waals surface area contributed by atoms with Gasteiger partial charge in [-0.15, -0.1) is 0 Å². The Balaban J connectivity index is 1.99. The molecule has 8 heteroatoms. The van der Waals surface area contributed by atoms with Crippen molar-refractivity contribution in [2.75, 3.05) is 20.5 Å². The topological polar surface area (TPSA) is 94.2 Å². The molecular formula is C21H19N3O4S. The molecule has 2 aromatic heterocycles. The van der Waals surface area contributed by atoms with Gasteiger partial charge in [-0.2, -0.15) is 5.10 Å². The fourth-order valence-corrected chi connectivity index (χ4v) is 3.84. The van der Waals surface area contributed by atoms with Crippen LogP contribution < -0.4 is 9.47 Å². The Bertz CT molecular complexity index is 1280. The molecule has 0 atom stereocenters. The highest BCUT2D eigenvalue weighted by atomic mass is 32.2. The average molecular weight is 409 g/mol. The molecule has 0 fully saturated rings. The molecule has 0 radical (unpaired) electrons. The van der Waals surface area contributed by atoms with Crippen molar-refractivity contribution in [3.8, 4) is 34.0 Å². The Hall–Kier alpha value is -3.39. The fourth-order valence-electron chi connectivity index (χ4n) is 3.21. The second-order valence-electron chi connectivity index (χ2n) is 6.55. The van der Waals surface area contributed by atoms with Crippen LogP contribution in [0, 0.1) is 0 Å². The van der Waals surface area contributed by atoms with Crippen LogP contribution in [0.3, 0.4) is 0 Å². The van der Waals surface area contributed by atoms with E-state index < -0.39 is 9.84 Å². The molecule has 1 N–H and O–H groups in total. The van der Waals surface area contributed by atoms with Crippen molar-refractivity contribution in [2.24, 2.45) is 0 Å². The number of aromatic amines is 1. The van der Waals surface area contributed by atoms with E-state index in [1.807, 2.05) is 24.3 Å². The number of H-pyrrole nitrogens is 1. The number of ether oxygens (including phenoxy) is 2. The van der Waals surface area contributed by atoms with Crippen LogP contribution in [0.25, 0.3) is 33.4 Å². The molecule has 29 heavy (non-hydrogen) atoms. The van der Waals surface area contributed by atoms with Gasteiger partial charge in [0.2, 0.25) is 0 Å². The highest BCUT2D eigenvalue weighted by molar-refractivity contribution is 7.90. The van der Waals surface area contributed by atoms with E-state index in [0.717, 1.165) is 27.7 Å². The van der Waals surface area contributed by atoms with Crippen LogP contribution in [0.4, 0.5) is 0 Å². The molecule has 0 aliphatic carbocycles. The van der Waals surface area contributed by atoms with Gasteiger partial charge in [0.1, 0.15) is 0 Å². The van der Waals surface area contributed by atoms with Crippen LogP contribution in [0.15, 0.2) is 59.6 Å². The Morgan fingerprint density at radius 3 is 2.21 bits per heavy atom. The number of hydrogen-bond acceptors (Lipinski definition) is 6. The summed E-state index contributed by atoms with van der Waals surface area (Å²) in [6.45, 7) is 0. The lowest BCUT2D eigenvalue weighted by molar-refractivity contribution is 0.356. The van der Waals surface area contributed by atoms with Crippen molar-refractivity contribution in [2.45, 2.75) is 4.90 Å². The molecule has 0 unspecified atom stereocenters. The first kappa shape index (κ1) is 18.9. The van der Waals surface area contributed by atoms with Gasteiger partial charge in [-0.1, -0.05) is 12.1 Å². The van der Waals surface area contributed by atoms with Crippen LogP contribution in [0.1, 0.15) is 0 Å². The maximum absolute atomic E-state index is 11.8. The van der Waals surface area contributed by atoms with Gasteiger partial charge in [0.25, 0.3) is 0 Å². The SMILES string of the molecule is COc1cc2nc(-c3ccn[nH]3)cc(-c3ccc(S(C)(=O)=O)cc3)c2cc1OC. The number of nitrogens with zero attached hydrogens (tertiary/aromatic N) is 2. The maximum Gasteiger partial charge on any atom is 0.175 e. The van der Waals surface area contributed by atoms with E-state index in [-0.39, 0.29) is 4.90 Å². The third kappa shape index (κ3) is 3.54. The van der Waals surface area contributed by atoms with Crippen molar-refractivity contribution >= 4 is 20.7 Å². The maximum atomic E-state index is 11.8. The molecule has 2 aromatic carbocycles. The minimum atomic E-state index is -3.27. The quantitative estimate of drug-likeness (QED) is 0.540. The highest BCUT2D eigenvalue weighted by Crippen LogP contribution is 2.38. The van der Waals surface area contributed by atoms with Crippen molar-refractivity contribution in [1.82, 2.24) is 15.2 Å². The summed E-state index contributed by atoms with van der Waals surface area (Å²) >= 11 is 0. The summed E-state index contributed by atoms with van der Waals surface area (Å²) < 4.78 is 34.5. The molecule has 7 nitrogen and oxygen atoms in total. The zero-order valence-corrected chi connectivity index (χ0v) is 16.9. The number of aromatic nitrogens is 3. The van der Waals surface area contributed by atoms with E-state index in [4.69, 9.17) is 14.5 Å². The van der Waals surface area contributed by atoms with E-state index in [1.165, 1.54) is 6.26 Å². The normalized spacial score (nSPS) is 11.6. The highest BCUT2D eigenvalue weighted by Gasteiger charge is 2.15. The molecular weight excluding hydrogens is 390 g/mol. The summed E-state index contributed by atoms with van der Waals surface area (Å²) in [7, 11) is -0.113. The predicted octanol–water partition coefficient (Wildman–Crippen LogP) is 3.71. The molecule has 0 bridgehead atoms. The van der Waals surface area contributed by atoms with E-state index in [2.05, 4.69) is 10.2 Å². The number of pyridine rings is 1. The van der Waals surface area contributed by atoms with E-state index in [0.29, 0.717) is 17.2 Å². The van der Waals surface area contributed by atoms with Gasteiger partial charge in [-0.3, -0.25) is 5.10 Å². The van der Waals surface area contributed by atoms with Crippen LogP contribution in [0.5, 0.6) is 11.5 Å². The van der Waals surface area contributed by atoms with Gasteiger partial charge >= 0.3 is 0 Å². The summed E-state index contributed by atoms with van der Waals surface area (Å²) in [5.74, 6) is 1.16. The third-order valence-electron chi connectivity index (χ3n) is 4.68. The van der Waals surface area contributed by atoms with Crippen molar-refractivity contribution in [3.63, 3.8) is 0 Å². The summed E-state index contributed by atoms with van der Waals surface area (Å²) in [5.41, 5.74) is 3.95. The van der Waals surface area contributed by atoms with E-state index in [9.17, 15) is 8.42 Å². The minimum Gasteiger partial charge on any atom is -0.493 e. The Morgan fingerprint density at radius 2 is 1.62 bits per heavy atom. The molecule has 0 spiro atoms. The Labute approximate surface area is 168 Å². The monoisotopic (exact) mass is 409 g/mol. The standard InChI is InChI=1S/C21H19N3O4S/c1-27-20-11-16-15(13-4-6-14(7-5-13)29(3,25)26)10-19(17-8-9-22-24-17)23-18(16)12-21(20)28-2/h4-12H,1-3H3,(H,22,24). The van der Waals surface area contributed by atoms with Gasteiger partial charge in [-0.05, 0) is 41.5 Å². The van der Waals surface area contributed by atoms with Crippen LogP contribution in [0.2, 0.25) is 0 Å². The van der Waals surface area contributed by atoms with Crippen molar-refractivity contribution < 1.29 is 17.9 Å². The summed E-state index contributed by atoms with van der Waals surface area (Å²) in [6.07, 6.45) is 2.85. The number of rotatable bonds is 5. The first-order valence-electron chi connectivity index (χ1n) is 8.77. The number of nitrogens with one attached hydrogen (secondary N) is 1. The fraction of sp³-hybridized carbons (Fsp3) is 0.143. The molecule has 0 saturated heterocycles. The van der Waals surface area contributed by atoms with Crippen molar-refractivity contribution in [3.05, 3.63) is 54.7 Å². The molecule has 0 amide bonds. The van der Waals surface area contributed by atoms with Gasteiger partial charge in [0.15, 0.2) is 21.3 Å². The van der Waals surface area contributed by atoms with Crippen molar-refractivity contribution in [1.29, 1.82) is 0 Å². The second-order valence-corrected chi connectivity index (χ2v) is 8.56. The number of fused-ring (bicyclic) bond motifs is 1. The van der Waals surface area contributed by atoms with Crippen LogP contribution in [-0.4, -0.2) is 44.1 Å². The molecule has 0 aliphatic rings. The van der Waals surface area contributed by atoms with Gasteiger partial charge in [0, 0.05) is 23.9 Å². The Morgan fingerprint density at radius 1 is 0.931 bits per heavy atom. The zero-order chi connectivity index (χ0) is 20.6. The Kier molecular flexibility index (Phi) is 4.71. The van der Waals surface area contributed by atoms with Gasteiger partial charge in [-0.25, -0.2) is 13.4 Å². The third-order valence-corrected chi connectivity index (χ3v) is 5.81. The predicted molar refractivity (Wildman–Crippen MR) is 111 cm³/mol. The smallest absolute Gasteiger partial charge is 0.175 e. The number of sulfone groups is 1. The second kappa shape index (κ2) is 7.21. The lowest BCUT2D eigenvalue weighted by Crippen LogP contribution is -1.97. The van der Waals surface area contributed by atoms with E-state index >= 15 is 0 Å². The lowest BCUT2D eigenvalue weighted by atomic mass is 9.99. The summed E-state index contributed by atoms with van der Waals surface area (Å²) in [6, 6.07) is 14.3. The summed E-state index contributed by atoms with van der Waals surface area (Å²) in [5, 5.41) is 7.79. The van der Waals surface area contributed by atoms with Gasteiger partial charge in [0.05, 0.1) is 36.0 Å². The average Bonchev–Trinajstić information content (AvgIpc) is 3.26. The number of methoxy groups -OCH3 is 2. The van der Waals surface area contributed by atoms with Crippen LogP contribution >= 0.6 is 0 Å². The first-order valence-corrected chi connectivity index (χ1v) is 10.7. The molecule has 0 saturated carbocycles.